The van der Waals surface area contributed by atoms with Crippen molar-refractivity contribution in [2.75, 3.05) is 66.9 Å². The maximum absolute atomic E-state index is 14.1. The number of benzene rings is 3. The van der Waals surface area contributed by atoms with Gasteiger partial charge in [0.1, 0.15) is 115 Å². The van der Waals surface area contributed by atoms with Crippen LogP contribution in [0.2, 0.25) is 0 Å². The number of hydrogen-bond acceptors (Lipinski definition) is 33. The number of aromatic hydroxyl groups is 2. The van der Waals surface area contributed by atoms with Gasteiger partial charge in [0.15, 0.2) is 36.7 Å². The van der Waals surface area contributed by atoms with Crippen molar-refractivity contribution in [1.29, 1.82) is 0 Å². The Morgan fingerprint density at radius 3 is 1.84 bits per heavy atom. The van der Waals surface area contributed by atoms with Crippen LogP contribution in [0.4, 0.5) is 0 Å². The average molecular weight is 1500 g/mol. The van der Waals surface area contributed by atoms with Crippen molar-refractivity contribution in [2.24, 2.45) is 0 Å². The Labute approximate surface area is 619 Å². The minimum absolute atomic E-state index is 0. The zero-order valence-corrected chi connectivity index (χ0v) is 59.4. The number of fused-ring (bicyclic) bond motifs is 3. The van der Waals surface area contributed by atoms with E-state index in [1.54, 1.807) is 37.3 Å². The van der Waals surface area contributed by atoms with E-state index >= 15 is 0 Å². The average Bonchev–Trinajstić information content (AvgIpc) is 0.710. The van der Waals surface area contributed by atoms with Gasteiger partial charge in [-0.25, -0.2) is 0 Å². The first-order valence-corrected chi connectivity index (χ1v) is 33.0. The molecule has 6 aliphatic rings. The van der Waals surface area contributed by atoms with Crippen molar-refractivity contribution >= 4 is 52.9 Å². The molecule has 0 unspecified atom stereocenters. The summed E-state index contributed by atoms with van der Waals surface area (Å²) in [5, 5.41) is 156. The summed E-state index contributed by atoms with van der Waals surface area (Å²) < 4.78 is 62.2. The predicted octanol–water partition coefficient (Wildman–Crippen LogP) is -11.5. The zero-order valence-electron chi connectivity index (χ0n) is 57.4. The molecule has 5 amide bonds. The summed E-state index contributed by atoms with van der Waals surface area (Å²) in [5.74, 6) is -10.9. The standard InChI is InChI=1S/C66H85N5O33.Na/c1-5-32-51(83)54(86)57(89)64(100-32)103-61-36(102-65(59(91)56(61)88)104-60-35(23-97-25-42(78)79)101-63(95-4)58(90)55(60)87)22-96-24-41(77)68-20-40(76)71-31(14-27-10-7-6-8-11-27)62(92)69-18-38(74)67-19-39(75)70-30-15-43(98-26(2)48(30)80)99-34-17-66(93,37(73)21-72)16-29-45(34)53(85)47-46(50(29)82)49(81)28-12-9-13-33(94-3)44(28)52(47)84;/h6-13,26,30-32,34-36,43,48,51,54-61,63-65,72,80,82-83,85-91,93H,5,14-25H2,1-4H3,(H,67,74)(H,68,77)(H,69,92)(H,70,75)(H,71,76)(H,78,79);/q;+1/p-1/t26-,30-,31-,32-,34-,35+,36+,43-,48+,51-,54+,55+,56+,57-,58+,59+,60+,61+,63-,64-,65+,66-;/m0./s1. The van der Waals surface area contributed by atoms with Gasteiger partial charge in [-0.05, 0) is 25.0 Å². The number of carboxylic acids is 1. The number of aliphatic hydroxyl groups is 10. The van der Waals surface area contributed by atoms with Gasteiger partial charge < -0.3 is 150 Å². The smallest absolute Gasteiger partial charge is 0.548 e. The fourth-order valence-corrected chi connectivity index (χ4v) is 13.1. The molecule has 4 aliphatic heterocycles. The number of carboxylic acid groups (broad SMARTS) is 1. The molecule has 3 aromatic rings. The first kappa shape index (κ1) is 83.7. The molecule has 4 saturated heterocycles. The molecule has 2 aliphatic carbocycles. The van der Waals surface area contributed by atoms with Gasteiger partial charge in [0.25, 0.3) is 0 Å². The van der Waals surface area contributed by atoms with Crippen molar-refractivity contribution in [3.63, 3.8) is 0 Å². The number of carbonyl (C=O) groups excluding carboxylic acids is 9. The van der Waals surface area contributed by atoms with Crippen LogP contribution in [0.5, 0.6) is 17.2 Å². The first-order valence-electron chi connectivity index (χ1n) is 33.0. The number of ketones is 3. The third-order valence-corrected chi connectivity index (χ3v) is 18.5. The van der Waals surface area contributed by atoms with E-state index in [-0.39, 0.29) is 76.8 Å². The molecular weight excluding hydrogens is 1410 g/mol. The second-order valence-corrected chi connectivity index (χ2v) is 25.6. The summed E-state index contributed by atoms with van der Waals surface area (Å²) in [6.07, 6.45) is -33.8. The fourth-order valence-electron chi connectivity index (χ4n) is 13.1. The fraction of sp³-hybridized carbons (Fsp3) is 0.591. The van der Waals surface area contributed by atoms with Crippen molar-refractivity contribution in [3.05, 3.63) is 87.5 Å². The third-order valence-electron chi connectivity index (χ3n) is 18.5. The number of phenols is 2. The molecule has 572 valence electrons. The number of amides is 5. The first-order chi connectivity index (χ1) is 49.4. The number of hydrogen-bond donors (Lipinski definition) is 17. The molecule has 4 fully saturated rings. The topological polar surface area (TPSA) is 581 Å². The molecule has 38 nitrogen and oxygen atoms in total. The Kier molecular flexibility index (Phi) is 29.3. The van der Waals surface area contributed by atoms with Crippen LogP contribution in [0.3, 0.4) is 0 Å². The second kappa shape index (κ2) is 36.8. The van der Waals surface area contributed by atoms with Gasteiger partial charge in [0.05, 0.1) is 93.6 Å². The zero-order chi connectivity index (χ0) is 75.8. The van der Waals surface area contributed by atoms with Crippen molar-refractivity contribution in [3.8, 4) is 17.2 Å². The van der Waals surface area contributed by atoms with Gasteiger partial charge in [-0.1, -0.05) is 49.4 Å². The maximum Gasteiger partial charge on any atom is 1.00 e. The van der Waals surface area contributed by atoms with E-state index in [2.05, 4.69) is 26.6 Å². The van der Waals surface area contributed by atoms with Gasteiger partial charge in [-0.15, -0.1) is 0 Å². The maximum atomic E-state index is 14.1. The van der Waals surface area contributed by atoms with Gasteiger partial charge in [-0.3, -0.25) is 38.4 Å². The van der Waals surface area contributed by atoms with Crippen LogP contribution < -0.4 is 66.0 Å². The molecule has 4 heterocycles. The monoisotopic (exact) mass is 1500 g/mol. The molecule has 9 rings (SSSR count). The summed E-state index contributed by atoms with van der Waals surface area (Å²) >= 11 is 0. The van der Waals surface area contributed by atoms with Crippen LogP contribution >= 0.6 is 0 Å². The van der Waals surface area contributed by atoms with Gasteiger partial charge >= 0.3 is 29.6 Å². The van der Waals surface area contributed by atoms with Crippen molar-refractivity contribution in [1.82, 2.24) is 26.6 Å². The largest absolute Gasteiger partial charge is 1.00 e. The molecule has 0 aromatic heterocycles. The number of ether oxygens (including phenoxy) is 11. The van der Waals surface area contributed by atoms with Crippen LogP contribution in [0.1, 0.15) is 87.7 Å². The van der Waals surface area contributed by atoms with Crippen LogP contribution in [0.15, 0.2) is 48.5 Å². The van der Waals surface area contributed by atoms with E-state index < -0.39 is 275 Å². The van der Waals surface area contributed by atoms with Crippen molar-refractivity contribution < 1.29 is 191 Å². The number of aliphatic carboxylic acids is 1. The van der Waals surface area contributed by atoms with Crippen molar-refractivity contribution in [2.45, 2.75) is 180 Å². The third kappa shape index (κ3) is 19.2. The molecular formula is C66H84N5NaO33. The summed E-state index contributed by atoms with van der Waals surface area (Å²) in [7, 11) is 2.38. The molecule has 0 bridgehead atoms. The van der Waals surface area contributed by atoms with Gasteiger partial charge in [-0.2, -0.15) is 0 Å². The Morgan fingerprint density at radius 1 is 0.638 bits per heavy atom. The Morgan fingerprint density at radius 2 is 1.22 bits per heavy atom. The number of nitrogens with one attached hydrogen (secondary N) is 5. The number of phenolic OH excluding ortho intramolecular Hbond substituents is 2. The number of aliphatic hydroxyl groups excluding tert-OH is 9. The van der Waals surface area contributed by atoms with Crippen LogP contribution in [0, 0.1) is 0 Å². The summed E-state index contributed by atoms with van der Waals surface area (Å²) in [6, 6.07) is 9.77. The summed E-state index contributed by atoms with van der Waals surface area (Å²) in [5.41, 5.74) is -4.26. The Balaban J connectivity index is 0.0000139. The Hall–Kier alpha value is -6.91. The summed E-state index contributed by atoms with van der Waals surface area (Å²) in [6.45, 7) is -3.68. The number of methoxy groups -OCH3 is 2. The Bertz CT molecular complexity index is 3620. The minimum atomic E-state index is -2.49. The summed E-state index contributed by atoms with van der Waals surface area (Å²) in [4.78, 5) is 119. The van der Waals surface area contributed by atoms with Gasteiger partial charge in [0.2, 0.25) is 35.3 Å². The molecule has 3 aromatic carbocycles. The second-order valence-electron chi connectivity index (χ2n) is 25.6. The van der Waals surface area contributed by atoms with E-state index in [1.807, 2.05) is 0 Å². The molecule has 22 atom stereocenters. The number of Topliss-reactive ketones (excluding diaryl/α,β-unsaturated/α-hetero) is 1. The molecule has 17 N–H and O–H groups in total. The van der Waals surface area contributed by atoms with Crippen LogP contribution in [-0.2, 0) is 93.8 Å². The predicted molar refractivity (Wildman–Crippen MR) is 339 cm³/mol. The normalized spacial score (nSPS) is 31.6. The van der Waals surface area contributed by atoms with E-state index in [1.165, 1.54) is 32.2 Å². The molecule has 105 heavy (non-hydrogen) atoms. The molecule has 39 heteroatoms. The van der Waals surface area contributed by atoms with Gasteiger partial charge in [0, 0.05) is 49.5 Å². The number of rotatable bonds is 30. The molecule has 0 spiro atoms. The van der Waals surface area contributed by atoms with Crippen LogP contribution in [-0.4, -0.2) is 309 Å². The molecule has 0 saturated carbocycles. The van der Waals surface area contributed by atoms with E-state index in [9.17, 15) is 110 Å². The SMILES string of the molecule is CC[C@@H]1O[C@@H](O[C@H]2[C@H](O)[C@@H](O)[C@@H](O[C@H]3[C@H](O)[C@@H](O)[C@@H](OC)O[C@@H]3COCC(=O)[O-])O[C@@H]2COCC(=O)NCC(=O)N[C@@H](Cc2ccccc2)C(=O)NCC(=O)NCC(=O)N[C@H]2C[C@H](O[C@H]3C[C@](O)(C(=O)CO)Cc4c(O)c5c(c(O)c43)C(=O)c3c(OC)cccc3C5=O)O[C@@H](C)[C@H]2O)[C@@H](O)[C@H](O)[C@H]1O.[Na+]. The molecule has 0 radical (unpaired) electrons. The van der Waals surface area contributed by atoms with E-state index in [0.717, 1.165) is 7.11 Å². The van der Waals surface area contributed by atoms with Crippen LogP contribution in [0.25, 0.3) is 0 Å². The quantitative estimate of drug-likeness (QED) is 0.0170. The number of carbonyl (C=O) groups is 9. The minimum Gasteiger partial charge on any atom is -0.548 e. The van der Waals surface area contributed by atoms with E-state index in [0.29, 0.717) is 5.56 Å². The van der Waals surface area contributed by atoms with E-state index in [4.69, 9.17) is 52.1 Å².